The van der Waals surface area contributed by atoms with Gasteiger partial charge >= 0.3 is 0 Å². The number of fused-ring (bicyclic) bond motifs is 1. The second-order valence-corrected chi connectivity index (χ2v) is 9.82. The minimum atomic E-state index is -0.560. The van der Waals surface area contributed by atoms with Gasteiger partial charge in [-0.15, -0.1) is 0 Å². The van der Waals surface area contributed by atoms with Crippen LogP contribution in [0.2, 0.25) is 0 Å². The third-order valence-corrected chi connectivity index (χ3v) is 6.79. The molecule has 0 radical (unpaired) electrons. The molecule has 1 N–H and O–H groups in total. The Hall–Kier alpha value is -3.45. The number of thioether (sulfide) groups is 1. The fraction of sp³-hybridized carbons (Fsp3) is 0.222. The molecule has 4 rings (SSSR count). The molecule has 1 heterocycles. The molecule has 5 nitrogen and oxygen atoms in total. The molecule has 0 bridgehead atoms. The van der Waals surface area contributed by atoms with Gasteiger partial charge < -0.3 is 5.32 Å². The number of nitrogens with zero attached hydrogens (tertiary/aromatic N) is 2. The maximum absolute atomic E-state index is 14.4. The van der Waals surface area contributed by atoms with Gasteiger partial charge in [-0.3, -0.25) is 14.2 Å². The monoisotopic (exact) mass is 475 g/mol. The second-order valence-electron chi connectivity index (χ2n) is 8.51. The quantitative estimate of drug-likeness (QED) is 0.289. The standard InChI is InChI=1S/C27H26FN3O2S/c1-15-12-17(3)24(18(4)13-15)30-25(32)19(5)34-27-29-23-9-7-6-8-21(23)26(33)31(27)20-11-10-16(2)22(28)14-20/h6-14,19H,1-5H3,(H,30,32). The molecule has 174 valence electrons. The van der Waals surface area contributed by atoms with E-state index in [2.05, 4.69) is 10.3 Å². The Labute approximate surface area is 202 Å². The van der Waals surface area contributed by atoms with Crippen LogP contribution >= 0.6 is 11.8 Å². The first-order valence-electron chi connectivity index (χ1n) is 11.0. The van der Waals surface area contributed by atoms with E-state index in [-0.39, 0.29) is 11.5 Å². The molecule has 34 heavy (non-hydrogen) atoms. The number of hydrogen-bond acceptors (Lipinski definition) is 4. The lowest BCUT2D eigenvalue weighted by Crippen LogP contribution is -2.26. The maximum atomic E-state index is 14.4. The number of aromatic nitrogens is 2. The highest BCUT2D eigenvalue weighted by atomic mass is 32.2. The summed E-state index contributed by atoms with van der Waals surface area (Å²) in [6.45, 7) is 9.37. The first kappa shape index (κ1) is 23.7. The predicted molar refractivity (Wildman–Crippen MR) is 137 cm³/mol. The van der Waals surface area contributed by atoms with E-state index >= 15 is 0 Å². The molecule has 0 aliphatic heterocycles. The third-order valence-electron chi connectivity index (χ3n) is 5.74. The number of para-hydroxylation sites is 1. The highest BCUT2D eigenvalue weighted by Crippen LogP contribution is 2.28. The van der Waals surface area contributed by atoms with Crippen LogP contribution < -0.4 is 10.9 Å². The molecule has 0 saturated heterocycles. The summed E-state index contributed by atoms with van der Waals surface area (Å²) in [5, 5.41) is 3.21. The van der Waals surface area contributed by atoms with Gasteiger partial charge in [0, 0.05) is 5.69 Å². The normalized spacial score (nSPS) is 12.1. The van der Waals surface area contributed by atoms with Gasteiger partial charge in [0.15, 0.2) is 5.16 Å². The molecule has 0 aliphatic rings. The first-order chi connectivity index (χ1) is 16.2. The molecule has 0 fully saturated rings. The van der Waals surface area contributed by atoms with Crippen LogP contribution in [0.3, 0.4) is 0 Å². The SMILES string of the molecule is Cc1cc(C)c(NC(=O)C(C)Sc2nc3ccccc3c(=O)n2-c2ccc(C)c(F)c2)c(C)c1. The van der Waals surface area contributed by atoms with E-state index < -0.39 is 11.1 Å². The van der Waals surface area contributed by atoms with Crippen molar-refractivity contribution in [1.82, 2.24) is 9.55 Å². The Balaban J connectivity index is 1.74. The Morgan fingerprint density at radius 2 is 1.68 bits per heavy atom. The van der Waals surface area contributed by atoms with Gasteiger partial charge in [-0.25, -0.2) is 9.37 Å². The van der Waals surface area contributed by atoms with Crippen molar-refractivity contribution in [2.75, 3.05) is 5.32 Å². The van der Waals surface area contributed by atoms with Gasteiger partial charge in [-0.2, -0.15) is 0 Å². The Kier molecular flexibility index (Phi) is 6.57. The summed E-state index contributed by atoms with van der Waals surface area (Å²) in [5.74, 6) is -0.617. The fourth-order valence-electron chi connectivity index (χ4n) is 3.95. The van der Waals surface area contributed by atoms with Crippen LogP contribution in [-0.4, -0.2) is 20.7 Å². The van der Waals surface area contributed by atoms with Gasteiger partial charge in [0.05, 0.1) is 21.8 Å². The van der Waals surface area contributed by atoms with Crippen LogP contribution in [0.15, 0.2) is 64.5 Å². The van der Waals surface area contributed by atoms with Crippen LogP contribution in [0.4, 0.5) is 10.1 Å². The van der Waals surface area contributed by atoms with Crippen molar-refractivity contribution in [2.24, 2.45) is 0 Å². The minimum absolute atomic E-state index is 0.205. The molecule has 0 saturated carbocycles. The Morgan fingerprint density at radius 3 is 2.35 bits per heavy atom. The van der Waals surface area contributed by atoms with Crippen LogP contribution in [0.25, 0.3) is 16.6 Å². The zero-order valence-electron chi connectivity index (χ0n) is 19.8. The van der Waals surface area contributed by atoms with Gasteiger partial charge in [-0.05, 0) is 75.6 Å². The van der Waals surface area contributed by atoms with E-state index in [1.54, 1.807) is 50.2 Å². The highest BCUT2D eigenvalue weighted by molar-refractivity contribution is 8.00. The van der Waals surface area contributed by atoms with Gasteiger partial charge in [0.2, 0.25) is 5.91 Å². The summed E-state index contributed by atoms with van der Waals surface area (Å²) >= 11 is 1.16. The van der Waals surface area contributed by atoms with Crippen molar-refractivity contribution in [3.8, 4) is 5.69 Å². The Morgan fingerprint density at radius 1 is 1.00 bits per heavy atom. The average molecular weight is 476 g/mol. The molecule has 1 amide bonds. The van der Waals surface area contributed by atoms with E-state index in [0.29, 0.717) is 27.3 Å². The largest absolute Gasteiger partial charge is 0.325 e. The van der Waals surface area contributed by atoms with E-state index in [1.165, 1.54) is 10.6 Å². The second kappa shape index (κ2) is 9.43. The number of aryl methyl sites for hydroxylation is 4. The minimum Gasteiger partial charge on any atom is -0.325 e. The summed E-state index contributed by atoms with van der Waals surface area (Å²) in [6.07, 6.45) is 0. The molecule has 1 atom stereocenters. The first-order valence-corrected chi connectivity index (χ1v) is 11.9. The van der Waals surface area contributed by atoms with Crippen molar-refractivity contribution < 1.29 is 9.18 Å². The molecule has 3 aromatic carbocycles. The molecule has 7 heteroatoms. The Bertz CT molecular complexity index is 1460. The molecule has 1 unspecified atom stereocenters. The van der Waals surface area contributed by atoms with Gasteiger partial charge in [0.1, 0.15) is 5.82 Å². The molecule has 0 aliphatic carbocycles. The summed E-state index contributed by atoms with van der Waals surface area (Å²) in [7, 11) is 0. The van der Waals surface area contributed by atoms with Crippen molar-refractivity contribution in [2.45, 2.75) is 45.0 Å². The number of carbonyl (C=O) groups is 1. The summed E-state index contributed by atoms with van der Waals surface area (Å²) < 4.78 is 15.7. The summed E-state index contributed by atoms with van der Waals surface area (Å²) in [5.41, 5.74) is 4.95. The van der Waals surface area contributed by atoms with Crippen LogP contribution in [0, 0.1) is 33.5 Å². The lowest BCUT2D eigenvalue weighted by Gasteiger charge is -2.18. The smallest absolute Gasteiger partial charge is 0.266 e. The number of nitrogens with one attached hydrogen (secondary N) is 1. The van der Waals surface area contributed by atoms with Crippen LogP contribution in [0.5, 0.6) is 0 Å². The van der Waals surface area contributed by atoms with Crippen LogP contribution in [-0.2, 0) is 4.79 Å². The lowest BCUT2D eigenvalue weighted by atomic mass is 10.1. The maximum Gasteiger partial charge on any atom is 0.266 e. The zero-order chi connectivity index (χ0) is 24.6. The zero-order valence-corrected chi connectivity index (χ0v) is 20.6. The predicted octanol–water partition coefficient (Wildman–Crippen LogP) is 5.88. The molecule has 1 aromatic heterocycles. The summed E-state index contributed by atoms with van der Waals surface area (Å²) in [4.78, 5) is 31.2. The van der Waals surface area contributed by atoms with E-state index in [9.17, 15) is 14.0 Å². The number of rotatable bonds is 5. The van der Waals surface area contributed by atoms with Crippen molar-refractivity contribution in [1.29, 1.82) is 0 Å². The van der Waals surface area contributed by atoms with Crippen molar-refractivity contribution >= 4 is 34.3 Å². The number of halogens is 1. The number of carbonyl (C=O) groups excluding carboxylic acids is 1. The van der Waals surface area contributed by atoms with Crippen LogP contribution in [0.1, 0.15) is 29.2 Å². The molecular formula is C27H26FN3O2S. The average Bonchev–Trinajstić information content (AvgIpc) is 2.78. The fourth-order valence-corrected chi connectivity index (χ4v) is 4.88. The number of benzene rings is 3. The van der Waals surface area contributed by atoms with E-state index in [1.807, 2.05) is 32.9 Å². The van der Waals surface area contributed by atoms with Crippen molar-refractivity contribution in [3.05, 3.63) is 93.0 Å². The van der Waals surface area contributed by atoms with Gasteiger partial charge in [-0.1, -0.05) is 47.7 Å². The summed E-state index contributed by atoms with van der Waals surface area (Å²) in [6, 6.07) is 15.7. The number of anilines is 1. The molecule has 4 aromatic rings. The molecule has 0 spiro atoms. The number of amides is 1. The van der Waals surface area contributed by atoms with E-state index in [0.717, 1.165) is 34.1 Å². The molecular weight excluding hydrogens is 449 g/mol. The third kappa shape index (κ3) is 4.61. The number of hydrogen-bond donors (Lipinski definition) is 1. The highest BCUT2D eigenvalue weighted by Gasteiger charge is 2.22. The van der Waals surface area contributed by atoms with Crippen molar-refractivity contribution in [3.63, 3.8) is 0 Å². The topological polar surface area (TPSA) is 64.0 Å². The van der Waals surface area contributed by atoms with Gasteiger partial charge in [0.25, 0.3) is 5.56 Å². The van der Waals surface area contributed by atoms with E-state index in [4.69, 9.17) is 0 Å². The lowest BCUT2D eigenvalue weighted by molar-refractivity contribution is -0.115.